The van der Waals surface area contributed by atoms with E-state index in [1.165, 1.54) is 0 Å². The Bertz CT molecular complexity index is 634. The van der Waals surface area contributed by atoms with Gasteiger partial charge in [0.1, 0.15) is 0 Å². The maximum atomic E-state index is 13.9. The lowest BCUT2D eigenvalue weighted by Crippen LogP contribution is -2.54. The van der Waals surface area contributed by atoms with E-state index in [0.29, 0.717) is 0 Å². The van der Waals surface area contributed by atoms with E-state index in [9.17, 15) is 61.5 Å². The molecule has 0 aromatic carbocycles. The number of halogens is 14. The van der Waals surface area contributed by atoms with Crippen LogP contribution in [0.4, 0.5) is 61.5 Å². The van der Waals surface area contributed by atoms with Crippen molar-refractivity contribution in [2.24, 2.45) is 0 Å². The van der Waals surface area contributed by atoms with Gasteiger partial charge in [-0.25, -0.2) is 13.8 Å². The van der Waals surface area contributed by atoms with Crippen LogP contribution in [-0.2, 0) is 11.3 Å². The SMILES string of the molecule is COc1nc(C(F)(C(F)(F)F)C(F)(F)F)nc(C(F)(C(F)(F)F)C(F)(F)F)n1. The van der Waals surface area contributed by atoms with E-state index in [4.69, 9.17) is 0 Å². The standard InChI is InChI=1S/C10H3F14N3O/c1-28-4-26-2(5(11,7(13,14)15)8(16,17)18)25-3(27-4)6(12,9(19,20)21)10(22,23)24/h1H3. The first kappa shape index (κ1) is 23.9. The normalized spacial score (nSPS) is 15.0. The van der Waals surface area contributed by atoms with E-state index in [-0.39, 0.29) is 7.11 Å². The van der Waals surface area contributed by atoms with E-state index >= 15 is 0 Å². The highest BCUT2D eigenvalue weighted by molar-refractivity contribution is 5.20. The van der Waals surface area contributed by atoms with Gasteiger partial charge in [0.25, 0.3) is 0 Å². The predicted octanol–water partition coefficient (Wildman–Crippen LogP) is 4.46. The van der Waals surface area contributed by atoms with Gasteiger partial charge < -0.3 is 4.74 Å². The second-order valence-corrected chi connectivity index (χ2v) is 4.78. The van der Waals surface area contributed by atoms with Crippen molar-refractivity contribution < 1.29 is 66.2 Å². The largest absolute Gasteiger partial charge is 0.467 e. The Balaban J connectivity index is 4.01. The molecule has 0 amide bonds. The Morgan fingerprint density at radius 3 is 0.929 bits per heavy atom. The van der Waals surface area contributed by atoms with Crippen LogP contribution in [0.5, 0.6) is 6.01 Å². The summed E-state index contributed by atoms with van der Waals surface area (Å²) in [5, 5.41) is 0. The smallest absolute Gasteiger partial charge is 0.439 e. The quantitative estimate of drug-likeness (QED) is 0.643. The molecule has 0 aliphatic carbocycles. The van der Waals surface area contributed by atoms with Crippen LogP contribution in [0.1, 0.15) is 11.6 Å². The molecule has 0 bridgehead atoms. The molecular weight excluding hydrogens is 444 g/mol. The molecule has 162 valence electrons. The summed E-state index contributed by atoms with van der Waals surface area (Å²) in [6, 6.07) is -2.08. The molecule has 0 fully saturated rings. The Labute approximate surface area is 143 Å². The van der Waals surface area contributed by atoms with Gasteiger partial charge >= 0.3 is 42.1 Å². The molecule has 0 saturated carbocycles. The van der Waals surface area contributed by atoms with Gasteiger partial charge in [0.05, 0.1) is 7.11 Å². The van der Waals surface area contributed by atoms with E-state index in [1.54, 1.807) is 4.98 Å². The Kier molecular flexibility index (Phi) is 5.48. The fraction of sp³-hybridized carbons (Fsp3) is 0.700. The van der Waals surface area contributed by atoms with Crippen molar-refractivity contribution >= 4 is 0 Å². The second kappa shape index (κ2) is 6.43. The number of hydrogen-bond donors (Lipinski definition) is 0. The van der Waals surface area contributed by atoms with Gasteiger partial charge in [-0.2, -0.15) is 62.7 Å². The molecule has 0 atom stereocenters. The van der Waals surface area contributed by atoms with Crippen LogP contribution in [0.25, 0.3) is 0 Å². The fourth-order valence-corrected chi connectivity index (χ4v) is 1.58. The van der Waals surface area contributed by atoms with Gasteiger partial charge in [-0.05, 0) is 0 Å². The average Bonchev–Trinajstić information content (AvgIpc) is 2.48. The number of methoxy groups -OCH3 is 1. The molecule has 0 aliphatic rings. The van der Waals surface area contributed by atoms with Crippen LogP contribution in [0.2, 0.25) is 0 Å². The zero-order chi connectivity index (χ0) is 22.6. The minimum Gasteiger partial charge on any atom is -0.467 e. The number of nitrogens with zero attached hydrogens (tertiary/aromatic N) is 3. The maximum absolute atomic E-state index is 13.9. The third-order valence-corrected chi connectivity index (χ3v) is 2.98. The number of rotatable bonds is 3. The number of hydrogen-bond acceptors (Lipinski definition) is 4. The van der Waals surface area contributed by atoms with Crippen molar-refractivity contribution in [2.75, 3.05) is 7.11 Å². The Morgan fingerprint density at radius 1 is 0.500 bits per heavy atom. The van der Waals surface area contributed by atoms with Crippen LogP contribution in [0.15, 0.2) is 0 Å². The van der Waals surface area contributed by atoms with Crippen LogP contribution >= 0.6 is 0 Å². The molecule has 1 heterocycles. The minimum absolute atomic E-state index is 0.269. The summed E-state index contributed by atoms with van der Waals surface area (Å²) in [6.45, 7) is 0. The van der Waals surface area contributed by atoms with Crippen molar-refractivity contribution in [1.82, 2.24) is 15.0 Å². The van der Waals surface area contributed by atoms with Gasteiger partial charge in [0.15, 0.2) is 11.6 Å². The van der Waals surface area contributed by atoms with Crippen molar-refractivity contribution in [1.29, 1.82) is 0 Å². The van der Waals surface area contributed by atoms with Gasteiger partial charge in [-0.1, -0.05) is 0 Å². The Hall–Kier alpha value is -2.17. The van der Waals surface area contributed by atoms with Crippen LogP contribution in [0.3, 0.4) is 0 Å². The summed E-state index contributed by atoms with van der Waals surface area (Å²) < 4.78 is 183. The zero-order valence-corrected chi connectivity index (χ0v) is 12.5. The Morgan fingerprint density at radius 2 is 0.750 bits per heavy atom. The molecule has 0 aliphatic heterocycles. The highest BCUT2D eigenvalue weighted by Crippen LogP contribution is 2.55. The second-order valence-electron chi connectivity index (χ2n) is 4.78. The molecule has 0 unspecified atom stereocenters. The van der Waals surface area contributed by atoms with Gasteiger partial charge in [-0.15, -0.1) is 0 Å². The molecule has 28 heavy (non-hydrogen) atoms. The molecular formula is C10H3F14N3O. The summed E-state index contributed by atoms with van der Waals surface area (Å²) in [6.07, 6.45) is -28.1. The lowest BCUT2D eigenvalue weighted by Gasteiger charge is -2.31. The topological polar surface area (TPSA) is 47.9 Å². The number of ether oxygens (including phenoxy) is 1. The highest BCUT2D eigenvalue weighted by Gasteiger charge is 2.78. The minimum atomic E-state index is -7.02. The van der Waals surface area contributed by atoms with E-state index in [0.717, 1.165) is 0 Å². The van der Waals surface area contributed by atoms with Gasteiger partial charge in [0.2, 0.25) is 0 Å². The van der Waals surface area contributed by atoms with Crippen LogP contribution in [-0.4, -0.2) is 46.8 Å². The molecule has 1 aromatic heterocycles. The molecule has 0 radical (unpaired) electrons. The van der Waals surface area contributed by atoms with Gasteiger partial charge in [-0.3, -0.25) is 0 Å². The molecule has 0 spiro atoms. The van der Waals surface area contributed by atoms with Crippen molar-refractivity contribution in [3.05, 3.63) is 11.6 Å². The van der Waals surface area contributed by atoms with E-state index < -0.39 is 53.7 Å². The maximum Gasteiger partial charge on any atom is 0.439 e. The first-order valence-electron chi connectivity index (χ1n) is 6.10. The third kappa shape index (κ3) is 3.47. The summed E-state index contributed by atoms with van der Waals surface area (Å²) in [7, 11) is 0.269. The van der Waals surface area contributed by atoms with Crippen molar-refractivity contribution in [2.45, 2.75) is 36.0 Å². The summed E-state index contributed by atoms with van der Waals surface area (Å²) in [5.74, 6) is -6.69. The van der Waals surface area contributed by atoms with Gasteiger partial charge in [0, 0.05) is 0 Å². The molecule has 18 heteroatoms. The van der Waals surface area contributed by atoms with E-state index in [1.807, 2.05) is 0 Å². The lowest BCUT2D eigenvalue weighted by atomic mass is 10.0. The van der Waals surface area contributed by atoms with Crippen LogP contribution < -0.4 is 4.74 Å². The fourth-order valence-electron chi connectivity index (χ4n) is 1.58. The first-order valence-corrected chi connectivity index (χ1v) is 6.10. The third-order valence-electron chi connectivity index (χ3n) is 2.98. The molecule has 1 rings (SSSR count). The first-order chi connectivity index (χ1) is 12.1. The molecule has 0 N–H and O–H groups in total. The van der Waals surface area contributed by atoms with Crippen LogP contribution in [0, 0.1) is 0 Å². The lowest BCUT2D eigenvalue weighted by molar-refractivity contribution is -0.354. The molecule has 1 aromatic rings. The monoisotopic (exact) mass is 447 g/mol. The zero-order valence-electron chi connectivity index (χ0n) is 12.5. The summed E-state index contributed by atoms with van der Waals surface area (Å²) in [5.41, 5.74) is -13.4. The average molecular weight is 447 g/mol. The summed E-state index contributed by atoms with van der Waals surface area (Å²) in [4.78, 5) is 5.71. The van der Waals surface area contributed by atoms with Crippen molar-refractivity contribution in [3.63, 3.8) is 0 Å². The summed E-state index contributed by atoms with van der Waals surface area (Å²) >= 11 is 0. The number of alkyl halides is 14. The molecule has 0 saturated heterocycles. The number of aromatic nitrogens is 3. The van der Waals surface area contributed by atoms with E-state index in [2.05, 4.69) is 14.7 Å². The van der Waals surface area contributed by atoms with Crippen molar-refractivity contribution in [3.8, 4) is 6.01 Å². The predicted molar refractivity (Wildman–Crippen MR) is 56.2 cm³/mol. The highest BCUT2D eigenvalue weighted by atomic mass is 19.4. The molecule has 4 nitrogen and oxygen atoms in total.